The van der Waals surface area contributed by atoms with Crippen LogP contribution in [0.1, 0.15) is 21.5 Å². The van der Waals surface area contributed by atoms with Gasteiger partial charge in [-0.05, 0) is 43.2 Å². The third-order valence-corrected chi connectivity index (χ3v) is 3.04. The number of nitrogen functional groups attached to an aromatic ring is 1. The van der Waals surface area contributed by atoms with E-state index < -0.39 is 5.97 Å². The number of carbonyl (C=O) groups is 1. The lowest BCUT2D eigenvalue weighted by molar-refractivity contribution is 0.0698. The number of rotatable bonds is 3. The highest BCUT2D eigenvalue weighted by atomic mass is 16.4. The van der Waals surface area contributed by atoms with Crippen LogP contribution in [-0.2, 0) is 0 Å². The summed E-state index contributed by atoms with van der Waals surface area (Å²) in [6, 6.07) is 11.2. The predicted octanol–water partition coefficient (Wildman–Crippen LogP) is 3.33. The summed E-state index contributed by atoms with van der Waals surface area (Å²) >= 11 is 0. The van der Waals surface area contributed by atoms with Crippen LogP contribution in [-0.4, -0.2) is 11.1 Å². The molecule has 2 aromatic carbocycles. The average molecular weight is 256 g/mol. The zero-order valence-corrected chi connectivity index (χ0v) is 10.9. The monoisotopic (exact) mass is 256 g/mol. The molecule has 0 aliphatic carbocycles. The van der Waals surface area contributed by atoms with Crippen LogP contribution in [0.25, 0.3) is 0 Å². The van der Waals surface area contributed by atoms with Gasteiger partial charge in [-0.3, -0.25) is 0 Å². The second kappa shape index (κ2) is 5.02. The number of nitrogens with two attached hydrogens (primary N) is 1. The number of hydrogen-bond donors (Lipinski definition) is 3. The van der Waals surface area contributed by atoms with Crippen LogP contribution in [0.15, 0.2) is 36.4 Å². The fraction of sp³-hybridized carbons (Fsp3) is 0.133. The predicted molar refractivity (Wildman–Crippen MR) is 77.0 cm³/mol. The van der Waals surface area contributed by atoms with E-state index in [1.165, 1.54) is 0 Å². The molecule has 4 heteroatoms. The van der Waals surface area contributed by atoms with E-state index in [9.17, 15) is 4.79 Å². The highest BCUT2D eigenvalue weighted by molar-refractivity contribution is 5.96. The number of anilines is 3. The first-order valence-electron chi connectivity index (χ1n) is 5.95. The molecule has 0 aliphatic heterocycles. The topological polar surface area (TPSA) is 75.3 Å². The van der Waals surface area contributed by atoms with Gasteiger partial charge in [0, 0.05) is 17.1 Å². The Morgan fingerprint density at radius 1 is 1.16 bits per heavy atom. The number of nitrogens with one attached hydrogen (secondary N) is 1. The fourth-order valence-electron chi connectivity index (χ4n) is 1.92. The molecule has 0 unspecified atom stereocenters. The van der Waals surface area contributed by atoms with Crippen LogP contribution in [0.4, 0.5) is 17.1 Å². The quantitative estimate of drug-likeness (QED) is 0.736. The van der Waals surface area contributed by atoms with Gasteiger partial charge in [0.05, 0.1) is 5.56 Å². The minimum absolute atomic E-state index is 0.121. The van der Waals surface area contributed by atoms with Crippen LogP contribution in [0.3, 0.4) is 0 Å². The molecule has 0 saturated heterocycles. The van der Waals surface area contributed by atoms with E-state index in [2.05, 4.69) is 5.32 Å². The van der Waals surface area contributed by atoms with Crippen molar-refractivity contribution in [1.29, 1.82) is 0 Å². The van der Waals surface area contributed by atoms with Crippen LogP contribution in [0, 0.1) is 13.8 Å². The Morgan fingerprint density at radius 3 is 2.47 bits per heavy atom. The summed E-state index contributed by atoms with van der Waals surface area (Å²) in [5.74, 6) is -1.02. The zero-order chi connectivity index (χ0) is 14.0. The Balaban J connectivity index is 2.42. The van der Waals surface area contributed by atoms with Crippen molar-refractivity contribution in [3.63, 3.8) is 0 Å². The summed E-state index contributed by atoms with van der Waals surface area (Å²) < 4.78 is 0. The number of hydrogen-bond acceptors (Lipinski definition) is 3. The van der Waals surface area contributed by atoms with Gasteiger partial charge in [0.15, 0.2) is 0 Å². The van der Waals surface area contributed by atoms with Crippen molar-refractivity contribution in [2.45, 2.75) is 13.8 Å². The van der Waals surface area contributed by atoms with Crippen LogP contribution in [0.5, 0.6) is 0 Å². The SMILES string of the molecule is Cc1ccccc1Nc1cc(C)c(N)c(C(=O)O)c1. The Labute approximate surface area is 111 Å². The van der Waals surface area contributed by atoms with Gasteiger partial charge in [-0.25, -0.2) is 4.79 Å². The largest absolute Gasteiger partial charge is 0.478 e. The normalized spacial score (nSPS) is 10.2. The first-order chi connectivity index (χ1) is 8.99. The van der Waals surface area contributed by atoms with Crippen LogP contribution >= 0.6 is 0 Å². The maximum Gasteiger partial charge on any atom is 0.337 e. The smallest absolute Gasteiger partial charge is 0.337 e. The molecule has 0 aromatic heterocycles. The van der Waals surface area contributed by atoms with Gasteiger partial charge < -0.3 is 16.2 Å². The molecule has 0 bridgehead atoms. The number of carboxylic acid groups (broad SMARTS) is 1. The van der Waals surface area contributed by atoms with Crippen molar-refractivity contribution in [3.8, 4) is 0 Å². The summed E-state index contributed by atoms with van der Waals surface area (Å²) in [7, 11) is 0. The lowest BCUT2D eigenvalue weighted by Gasteiger charge is -2.13. The van der Waals surface area contributed by atoms with Crippen molar-refractivity contribution in [3.05, 3.63) is 53.1 Å². The van der Waals surface area contributed by atoms with Crippen LogP contribution < -0.4 is 11.1 Å². The van der Waals surface area contributed by atoms with E-state index in [-0.39, 0.29) is 5.56 Å². The highest BCUT2D eigenvalue weighted by Crippen LogP contribution is 2.26. The molecule has 0 atom stereocenters. The Kier molecular flexibility index (Phi) is 3.42. The zero-order valence-electron chi connectivity index (χ0n) is 10.9. The van der Waals surface area contributed by atoms with Crippen molar-refractivity contribution in [1.82, 2.24) is 0 Å². The summed E-state index contributed by atoms with van der Waals surface area (Å²) in [6.45, 7) is 3.79. The van der Waals surface area contributed by atoms with Gasteiger partial charge in [0.2, 0.25) is 0 Å². The maximum absolute atomic E-state index is 11.1. The standard InChI is InChI=1S/C15H16N2O2/c1-9-5-3-4-6-13(9)17-11-7-10(2)14(16)12(8-11)15(18)19/h3-8,17H,16H2,1-2H3,(H,18,19). The van der Waals surface area contributed by atoms with Gasteiger partial charge in [-0.2, -0.15) is 0 Å². The molecule has 0 fully saturated rings. The molecule has 0 radical (unpaired) electrons. The summed E-state index contributed by atoms with van der Waals surface area (Å²) in [5.41, 5.74) is 9.70. The molecule has 0 heterocycles. The first-order valence-corrected chi connectivity index (χ1v) is 5.95. The van der Waals surface area contributed by atoms with Gasteiger partial charge in [0.25, 0.3) is 0 Å². The third kappa shape index (κ3) is 2.68. The van der Waals surface area contributed by atoms with E-state index >= 15 is 0 Å². The molecule has 0 amide bonds. The van der Waals surface area contributed by atoms with Crippen LogP contribution in [0.2, 0.25) is 0 Å². The molecule has 0 spiro atoms. The average Bonchev–Trinajstić information content (AvgIpc) is 2.36. The summed E-state index contributed by atoms with van der Waals surface area (Å²) in [6.07, 6.45) is 0. The van der Waals surface area contributed by atoms with Gasteiger partial charge in [-0.1, -0.05) is 18.2 Å². The van der Waals surface area contributed by atoms with E-state index in [1.54, 1.807) is 13.0 Å². The Morgan fingerprint density at radius 2 is 1.84 bits per heavy atom. The van der Waals surface area contributed by atoms with E-state index in [0.717, 1.165) is 22.5 Å². The second-order valence-corrected chi connectivity index (χ2v) is 4.50. The third-order valence-electron chi connectivity index (χ3n) is 3.04. The van der Waals surface area contributed by atoms with E-state index in [1.807, 2.05) is 37.3 Å². The molecule has 2 aromatic rings. The molecule has 2 rings (SSSR count). The number of para-hydroxylation sites is 1. The van der Waals surface area contributed by atoms with Crippen molar-refractivity contribution >= 4 is 23.0 Å². The number of aryl methyl sites for hydroxylation is 2. The number of benzene rings is 2. The lowest BCUT2D eigenvalue weighted by Crippen LogP contribution is -2.05. The fourth-order valence-corrected chi connectivity index (χ4v) is 1.92. The molecule has 4 nitrogen and oxygen atoms in total. The lowest BCUT2D eigenvalue weighted by atomic mass is 10.1. The minimum atomic E-state index is -1.02. The minimum Gasteiger partial charge on any atom is -0.478 e. The molecular formula is C15H16N2O2. The number of carboxylic acids is 1. The highest BCUT2D eigenvalue weighted by Gasteiger charge is 2.12. The molecule has 0 aliphatic rings. The molecular weight excluding hydrogens is 240 g/mol. The van der Waals surface area contributed by atoms with Crippen molar-refractivity contribution in [2.24, 2.45) is 0 Å². The molecule has 4 N–H and O–H groups in total. The van der Waals surface area contributed by atoms with Gasteiger partial charge in [-0.15, -0.1) is 0 Å². The van der Waals surface area contributed by atoms with Gasteiger partial charge in [0.1, 0.15) is 0 Å². The second-order valence-electron chi connectivity index (χ2n) is 4.50. The van der Waals surface area contributed by atoms with Gasteiger partial charge >= 0.3 is 5.97 Å². The maximum atomic E-state index is 11.1. The molecule has 19 heavy (non-hydrogen) atoms. The van der Waals surface area contributed by atoms with Crippen molar-refractivity contribution < 1.29 is 9.90 Å². The first kappa shape index (κ1) is 13.0. The van der Waals surface area contributed by atoms with E-state index in [0.29, 0.717) is 5.69 Å². The summed E-state index contributed by atoms with van der Waals surface area (Å²) in [5, 5.41) is 12.3. The van der Waals surface area contributed by atoms with E-state index in [4.69, 9.17) is 10.8 Å². The Bertz CT molecular complexity index is 636. The molecule has 0 saturated carbocycles. The number of aromatic carboxylic acids is 1. The Hall–Kier alpha value is -2.49. The molecule has 98 valence electrons. The van der Waals surface area contributed by atoms with Crippen molar-refractivity contribution in [2.75, 3.05) is 11.1 Å². The summed E-state index contributed by atoms with van der Waals surface area (Å²) in [4.78, 5) is 11.1.